The molecule has 1 aromatic carbocycles. The fourth-order valence-electron chi connectivity index (χ4n) is 1.60. The van der Waals surface area contributed by atoms with Crippen molar-refractivity contribution in [2.24, 2.45) is 5.73 Å². The first-order valence-electron chi connectivity index (χ1n) is 6.36. The number of nitrogens with one attached hydrogen (secondary N) is 1. The lowest BCUT2D eigenvalue weighted by Crippen LogP contribution is -2.29. The van der Waals surface area contributed by atoms with Gasteiger partial charge in [0.1, 0.15) is 5.60 Å². The average Bonchev–Trinajstić information content (AvgIpc) is 2.29. The van der Waals surface area contributed by atoms with E-state index in [4.69, 9.17) is 15.6 Å². The van der Waals surface area contributed by atoms with Crippen LogP contribution in [0.3, 0.4) is 0 Å². The molecule has 5 nitrogen and oxygen atoms in total. The van der Waals surface area contributed by atoms with E-state index >= 15 is 0 Å². The van der Waals surface area contributed by atoms with Crippen LogP contribution in [0.4, 0.5) is 10.5 Å². The minimum absolute atomic E-state index is 0.109. The minimum Gasteiger partial charge on any atom is -0.444 e. The van der Waals surface area contributed by atoms with Crippen molar-refractivity contribution < 1.29 is 14.6 Å². The Labute approximate surface area is 127 Å². The van der Waals surface area contributed by atoms with Gasteiger partial charge in [0.2, 0.25) is 0 Å². The lowest BCUT2D eigenvalue weighted by Gasteiger charge is -2.21. The van der Waals surface area contributed by atoms with Gasteiger partial charge in [-0.1, -0.05) is 22.0 Å². The molecule has 20 heavy (non-hydrogen) atoms. The minimum atomic E-state index is -0.558. The van der Waals surface area contributed by atoms with Crippen LogP contribution in [0, 0.1) is 0 Å². The van der Waals surface area contributed by atoms with E-state index in [-0.39, 0.29) is 12.6 Å². The molecular formula is C14H21BrN2O3. The number of ether oxygens (including phenoxy) is 1. The SMILES string of the molecule is CC(C)(C)OC(=O)Nc1cc(Br)ccc1CC(N)CO. The molecule has 0 fully saturated rings. The molecule has 0 radical (unpaired) electrons. The molecule has 0 heterocycles. The van der Waals surface area contributed by atoms with Crippen molar-refractivity contribution in [1.29, 1.82) is 0 Å². The maximum absolute atomic E-state index is 11.8. The highest BCUT2D eigenvalue weighted by atomic mass is 79.9. The zero-order valence-corrected chi connectivity index (χ0v) is 13.5. The third-order valence-corrected chi connectivity index (χ3v) is 2.92. The molecular weight excluding hydrogens is 324 g/mol. The third-order valence-electron chi connectivity index (χ3n) is 2.42. The number of hydrogen-bond donors (Lipinski definition) is 3. The van der Waals surface area contributed by atoms with Crippen LogP contribution in [-0.4, -0.2) is 29.4 Å². The molecule has 1 unspecified atom stereocenters. The molecule has 4 N–H and O–H groups in total. The summed E-state index contributed by atoms with van der Waals surface area (Å²) in [7, 11) is 0. The molecule has 0 aromatic heterocycles. The summed E-state index contributed by atoms with van der Waals surface area (Å²) in [5.74, 6) is 0. The summed E-state index contributed by atoms with van der Waals surface area (Å²) < 4.78 is 6.06. The van der Waals surface area contributed by atoms with Gasteiger partial charge >= 0.3 is 6.09 Å². The average molecular weight is 345 g/mol. The molecule has 1 amide bonds. The van der Waals surface area contributed by atoms with Crippen molar-refractivity contribution in [3.8, 4) is 0 Å². The van der Waals surface area contributed by atoms with E-state index in [2.05, 4.69) is 21.2 Å². The molecule has 0 saturated carbocycles. The lowest BCUT2D eigenvalue weighted by molar-refractivity contribution is 0.0636. The highest BCUT2D eigenvalue weighted by molar-refractivity contribution is 9.10. The van der Waals surface area contributed by atoms with Crippen molar-refractivity contribution in [2.75, 3.05) is 11.9 Å². The first kappa shape index (κ1) is 16.9. The molecule has 0 aliphatic carbocycles. The Kier molecular flexibility index (Phi) is 5.98. The molecule has 1 atom stereocenters. The molecule has 1 aromatic rings. The van der Waals surface area contributed by atoms with Crippen molar-refractivity contribution >= 4 is 27.7 Å². The fraction of sp³-hybridized carbons (Fsp3) is 0.500. The number of aliphatic hydroxyl groups is 1. The Bertz CT molecular complexity index is 472. The highest BCUT2D eigenvalue weighted by Crippen LogP contribution is 2.23. The van der Waals surface area contributed by atoms with E-state index in [1.807, 2.05) is 12.1 Å². The molecule has 1 rings (SSSR count). The second-order valence-corrected chi connectivity index (χ2v) is 6.49. The number of hydrogen-bond acceptors (Lipinski definition) is 4. The van der Waals surface area contributed by atoms with Crippen LogP contribution < -0.4 is 11.1 Å². The van der Waals surface area contributed by atoms with Gasteiger partial charge in [-0.05, 0) is 44.9 Å². The van der Waals surface area contributed by atoms with Gasteiger partial charge in [0.25, 0.3) is 0 Å². The summed E-state index contributed by atoms with van der Waals surface area (Å²) in [6.07, 6.45) is -0.0519. The molecule has 0 aliphatic rings. The van der Waals surface area contributed by atoms with Crippen LogP contribution >= 0.6 is 15.9 Å². The van der Waals surface area contributed by atoms with E-state index in [1.54, 1.807) is 26.8 Å². The van der Waals surface area contributed by atoms with Gasteiger partial charge in [0, 0.05) is 16.2 Å². The number of carbonyl (C=O) groups is 1. The van der Waals surface area contributed by atoms with E-state index in [9.17, 15) is 4.79 Å². The summed E-state index contributed by atoms with van der Waals surface area (Å²) in [5.41, 5.74) is 6.65. The van der Waals surface area contributed by atoms with Crippen LogP contribution in [0.25, 0.3) is 0 Å². The quantitative estimate of drug-likeness (QED) is 0.783. The van der Waals surface area contributed by atoms with Gasteiger partial charge in [-0.2, -0.15) is 0 Å². The van der Waals surface area contributed by atoms with E-state index < -0.39 is 11.7 Å². The standard InChI is InChI=1S/C14H21BrN2O3/c1-14(2,3)20-13(19)17-12-7-10(15)5-4-9(12)6-11(16)8-18/h4-5,7,11,18H,6,8,16H2,1-3H3,(H,17,19). The number of amides is 1. The largest absolute Gasteiger partial charge is 0.444 e. The van der Waals surface area contributed by atoms with Gasteiger partial charge in [-0.15, -0.1) is 0 Å². The summed E-state index contributed by atoms with van der Waals surface area (Å²) in [6, 6.07) is 5.13. The Balaban J connectivity index is 2.87. The van der Waals surface area contributed by atoms with Crippen molar-refractivity contribution in [3.05, 3.63) is 28.2 Å². The summed E-state index contributed by atoms with van der Waals surface area (Å²) >= 11 is 3.36. The van der Waals surface area contributed by atoms with Gasteiger partial charge < -0.3 is 15.6 Å². The maximum Gasteiger partial charge on any atom is 0.412 e. The Morgan fingerprint density at radius 1 is 1.50 bits per heavy atom. The second kappa shape index (κ2) is 7.06. The van der Waals surface area contributed by atoms with Crippen LogP contribution in [0.15, 0.2) is 22.7 Å². The molecule has 0 bridgehead atoms. The lowest BCUT2D eigenvalue weighted by atomic mass is 10.1. The predicted octanol–water partition coefficient (Wildman–Crippen LogP) is 2.66. The molecule has 6 heteroatoms. The van der Waals surface area contributed by atoms with Crippen molar-refractivity contribution in [1.82, 2.24) is 0 Å². The highest BCUT2D eigenvalue weighted by Gasteiger charge is 2.17. The monoisotopic (exact) mass is 344 g/mol. The number of aliphatic hydroxyl groups excluding tert-OH is 1. The van der Waals surface area contributed by atoms with Gasteiger partial charge in [-0.25, -0.2) is 4.79 Å². The number of halogens is 1. The zero-order valence-electron chi connectivity index (χ0n) is 11.9. The van der Waals surface area contributed by atoms with E-state index in [0.717, 1.165) is 10.0 Å². The maximum atomic E-state index is 11.8. The van der Waals surface area contributed by atoms with Crippen LogP contribution in [0.5, 0.6) is 0 Å². The normalized spacial score (nSPS) is 12.9. The summed E-state index contributed by atoms with van der Waals surface area (Å²) in [5, 5.41) is 11.7. The van der Waals surface area contributed by atoms with Crippen molar-refractivity contribution in [3.63, 3.8) is 0 Å². The number of benzene rings is 1. The van der Waals surface area contributed by atoms with Gasteiger partial charge in [0.15, 0.2) is 0 Å². The number of anilines is 1. The van der Waals surface area contributed by atoms with Gasteiger partial charge in [-0.3, -0.25) is 5.32 Å². The zero-order chi connectivity index (χ0) is 15.3. The van der Waals surface area contributed by atoms with Crippen LogP contribution in [0.1, 0.15) is 26.3 Å². The van der Waals surface area contributed by atoms with E-state index in [1.165, 1.54) is 0 Å². The number of rotatable bonds is 4. The molecule has 0 saturated heterocycles. The van der Waals surface area contributed by atoms with Crippen LogP contribution in [-0.2, 0) is 11.2 Å². The summed E-state index contributed by atoms with van der Waals surface area (Å²) in [6.45, 7) is 5.30. The van der Waals surface area contributed by atoms with Crippen LogP contribution in [0.2, 0.25) is 0 Å². The first-order valence-corrected chi connectivity index (χ1v) is 7.15. The van der Waals surface area contributed by atoms with E-state index in [0.29, 0.717) is 12.1 Å². The summed E-state index contributed by atoms with van der Waals surface area (Å²) in [4.78, 5) is 11.8. The smallest absolute Gasteiger partial charge is 0.412 e. The topological polar surface area (TPSA) is 84.6 Å². The second-order valence-electron chi connectivity index (χ2n) is 5.58. The van der Waals surface area contributed by atoms with Crippen molar-refractivity contribution in [2.45, 2.75) is 38.8 Å². The molecule has 0 aliphatic heterocycles. The molecule has 112 valence electrons. The Morgan fingerprint density at radius 2 is 2.15 bits per heavy atom. The van der Waals surface area contributed by atoms with Gasteiger partial charge in [0.05, 0.1) is 6.61 Å². The Morgan fingerprint density at radius 3 is 2.70 bits per heavy atom. The number of carbonyl (C=O) groups excluding carboxylic acids is 1. The predicted molar refractivity (Wildman–Crippen MR) is 82.8 cm³/mol. The molecule has 0 spiro atoms. The number of nitrogens with two attached hydrogens (primary N) is 1. The fourth-order valence-corrected chi connectivity index (χ4v) is 1.96. The first-order chi connectivity index (χ1) is 9.21. The third kappa shape index (κ3) is 5.90. The Hall–Kier alpha value is -1.11.